The van der Waals surface area contributed by atoms with Gasteiger partial charge in [0.1, 0.15) is 5.82 Å². The zero-order valence-corrected chi connectivity index (χ0v) is 8.98. The van der Waals surface area contributed by atoms with E-state index in [0.717, 1.165) is 5.56 Å². The molecule has 0 saturated heterocycles. The van der Waals surface area contributed by atoms with Crippen LogP contribution in [0.25, 0.3) is 0 Å². The fourth-order valence-corrected chi connectivity index (χ4v) is 2.02. The highest BCUT2D eigenvalue weighted by Crippen LogP contribution is 2.18. The van der Waals surface area contributed by atoms with Gasteiger partial charge >= 0.3 is 0 Å². The lowest BCUT2D eigenvalue weighted by Gasteiger charge is -2.01. The number of rotatable bonds is 2. The maximum atomic E-state index is 13.5. The number of hydrogen-bond acceptors (Lipinski definition) is 2. The van der Waals surface area contributed by atoms with Gasteiger partial charge in [-0.15, -0.1) is 11.3 Å². The average molecular weight is 220 g/mol. The fourth-order valence-electron chi connectivity index (χ4n) is 1.34. The zero-order chi connectivity index (χ0) is 10.8. The van der Waals surface area contributed by atoms with E-state index in [-0.39, 0.29) is 11.3 Å². The van der Waals surface area contributed by atoms with Crippen molar-refractivity contribution in [2.45, 2.75) is 6.92 Å². The van der Waals surface area contributed by atoms with Crippen LogP contribution in [-0.2, 0) is 0 Å². The Balaban J connectivity index is 2.42. The van der Waals surface area contributed by atoms with Crippen LogP contribution in [0.4, 0.5) is 4.39 Å². The first-order chi connectivity index (χ1) is 7.18. The maximum absolute atomic E-state index is 13.5. The molecule has 0 aliphatic rings. The van der Waals surface area contributed by atoms with Gasteiger partial charge in [-0.05, 0) is 36.1 Å². The molecule has 0 radical (unpaired) electrons. The van der Waals surface area contributed by atoms with E-state index in [4.69, 9.17) is 0 Å². The highest BCUT2D eigenvalue weighted by molar-refractivity contribution is 7.12. The molecule has 2 aromatic rings. The molecule has 0 saturated carbocycles. The lowest BCUT2D eigenvalue weighted by Crippen LogP contribution is -2.02. The van der Waals surface area contributed by atoms with Gasteiger partial charge in [0.05, 0.1) is 10.4 Å². The summed E-state index contributed by atoms with van der Waals surface area (Å²) in [6, 6.07) is 8.13. The van der Waals surface area contributed by atoms with E-state index in [1.807, 2.05) is 0 Å². The highest BCUT2D eigenvalue weighted by atomic mass is 32.1. The Kier molecular flexibility index (Phi) is 2.64. The topological polar surface area (TPSA) is 17.1 Å². The number of ketones is 1. The van der Waals surface area contributed by atoms with Gasteiger partial charge < -0.3 is 0 Å². The Morgan fingerprint density at radius 3 is 2.73 bits per heavy atom. The van der Waals surface area contributed by atoms with Crippen LogP contribution in [0.15, 0.2) is 35.7 Å². The number of thiophene rings is 1. The maximum Gasteiger partial charge on any atom is 0.205 e. The van der Waals surface area contributed by atoms with Crippen molar-refractivity contribution < 1.29 is 9.18 Å². The molecular weight excluding hydrogens is 211 g/mol. The molecule has 15 heavy (non-hydrogen) atoms. The highest BCUT2D eigenvalue weighted by Gasteiger charge is 2.14. The SMILES string of the molecule is Cc1ccc(C(=O)c2cccs2)c(F)c1. The summed E-state index contributed by atoms with van der Waals surface area (Å²) in [6.45, 7) is 1.79. The van der Waals surface area contributed by atoms with E-state index in [1.54, 1.807) is 30.5 Å². The first-order valence-electron chi connectivity index (χ1n) is 4.53. The summed E-state index contributed by atoms with van der Waals surface area (Å²) >= 11 is 1.32. The number of carbonyl (C=O) groups excluding carboxylic acids is 1. The Morgan fingerprint density at radius 2 is 2.13 bits per heavy atom. The number of aryl methyl sites for hydroxylation is 1. The minimum atomic E-state index is -0.451. The molecule has 0 bridgehead atoms. The van der Waals surface area contributed by atoms with Gasteiger partial charge in [0.15, 0.2) is 0 Å². The van der Waals surface area contributed by atoms with Gasteiger partial charge in [-0.1, -0.05) is 12.1 Å². The minimum absolute atomic E-state index is 0.142. The van der Waals surface area contributed by atoms with Gasteiger partial charge in [-0.25, -0.2) is 4.39 Å². The third-order valence-electron chi connectivity index (χ3n) is 2.11. The number of hydrogen-bond donors (Lipinski definition) is 0. The molecule has 1 aromatic heterocycles. The van der Waals surface area contributed by atoms with Gasteiger partial charge in [-0.2, -0.15) is 0 Å². The van der Waals surface area contributed by atoms with Gasteiger partial charge in [-0.3, -0.25) is 4.79 Å². The fraction of sp³-hybridized carbons (Fsp3) is 0.0833. The quantitative estimate of drug-likeness (QED) is 0.709. The lowest BCUT2D eigenvalue weighted by molar-refractivity contribution is 0.103. The molecule has 0 N–H and O–H groups in total. The summed E-state index contributed by atoms with van der Waals surface area (Å²) in [5.41, 5.74) is 0.957. The first kappa shape index (κ1) is 10.1. The first-order valence-corrected chi connectivity index (χ1v) is 5.41. The number of halogens is 1. The van der Waals surface area contributed by atoms with E-state index in [2.05, 4.69) is 0 Å². The summed E-state index contributed by atoms with van der Waals surface area (Å²) < 4.78 is 13.5. The lowest BCUT2D eigenvalue weighted by atomic mass is 10.1. The third-order valence-corrected chi connectivity index (χ3v) is 2.98. The molecule has 1 nitrogen and oxygen atoms in total. The van der Waals surface area contributed by atoms with Crippen molar-refractivity contribution in [3.63, 3.8) is 0 Å². The predicted molar refractivity (Wildman–Crippen MR) is 58.9 cm³/mol. The largest absolute Gasteiger partial charge is 0.288 e. The third kappa shape index (κ3) is 1.97. The summed E-state index contributed by atoms with van der Waals surface area (Å²) in [5, 5.41) is 1.80. The molecule has 0 amide bonds. The minimum Gasteiger partial charge on any atom is -0.288 e. The van der Waals surface area contributed by atoms with Crippen molar-refractivity contribution in [2.75, 3.05) is 0 Å². The second-order valence-electron chi connectivity index (χ2n) is 3.29. The van der Waals surface area contributed by atoms with Crippen LogP contribution in [0, 0.1) is 12.7 Å². The van der Waals surface area contributed by atoms with E-state index in [9.17, 15) is 9.18 Å². The van der Waals surface area contributed by atoms with Crippen LogP contribution in [0.1, 0.15) is 20.8 Å². The normalized spacial score (nSPS) is 10.3. The molecule has 3 heteroatoms. The summed E-state index contributed by atoms with van der Waals surface area (Å²) in [5.74, 6) is -0.698. The second-order valence-corrected chi connectivity index (χ2v) is 4.24. The Morgan fingerprint density at radius 1 is 1.33 bits per heavy atom. The van der Waals surface area contributed by atoms with Crippen molar-refractivity contribution in [1.82, 2.24) is 0 Å². The van der Waals surface area contributed by atoms with E-state index < -0.39 is 5.82 Å². The van der Waals surface area contributed by atoms with Crippen molar-refractivity contribution in [3.05, 3.63) is 57.5 Å². The van der Waals surface area contributed by atoms with Crippen LogP contribution >= 0.6 is 11.3 Å². The number of carbonyl (C=O) groups is 1. The molecule has 0 atom stereocenters. The zero-order valence-electron chi connectivity index (χ0n) is 8.16. The van der Waals surface area contributed by atoms with E-state index in [1.165, 1.54) is 23.5 Å². The predicted octanol–water partition coefficient (Wildman–Crippen LogP) is 3.43. The second kappa shape index (κ2) is 3.95. The molecule has 0 fully saturated rings. The molecule has 0 spiro atoms. The average Bonchev–Trinajstić information content (AvgIpc) is 2.69. The van der Waals surface area contributed by atoms with Gasteiger partial charge in [0, 0.05) is 0 Å². The smallest absolute Gasteiger partial charge is 0.205 e. The van der Waals surface area contributed by atoms with Crippen LogP contribution in [0.3, 0.4) is 0 Å². The standard InChI is InChI=1S/C12H9FOS/c1-8-4-5-9(10(13)7-8)12(14)11-3-2-6-15-11/h2-7H,1H3. The molecule has 0 unspecified atom stereocenters. The van der Waals surface area contributed by atoms with Crippen molar-refractivity contribution in [2.24, 2.45) is 0 Å². The van der Waals surface area contributed by atoms with Crippen LogP contribution < -0.4 is 0 Å². The number of benzene rings is 1. The molecule has 0 aliphatic carbocycles. The Hall–Kier alpha value is -1.48. The Labute approximate surface area is 91.2 Å². The summed E-state index contributed by atoms with van der Waals surface area (Å²) in [6.07, 6.45) is 0. The summed E-state index contributed by atoms with van der Waals surface area (Å²) in [4.78, 5) is 12.4. The van der Waals surface area contributed by atoms with Gasteiger partial charge in [0.2, 0.25) is 5.78 Å². The van der Waals surface area contributed by atoms with E-state index in [0.29, 0.717) is 4.88 Å². The van der Waals surface area contributed by atoms with Crippen LogP contribution in [0.2, 0.25) is 0 Å². The van der Waals surface area contributed by atoms with Crippen LogP contribution in [0.5, 0.6) is 0 Å². The molecule has 1 aromatic carbocycles. The van der Waals surface area contributed by atoms with Crippen molar-refractivity contribution in [3.8, 4) is 0 Å². The molecular formula is C12H9FOS. The van der Waals surface area contributed by atoms with E-state index >= 15 is 0 Å². The Bertz CT molecular complexity index is 488. The summed E-state index contributed by atoms with van der Waals surface area (Å²) in [7, 11) is 0. The molecule has 76 valence electrons. The van der Waals surface area contributed by atoms with Crippen molar-refractivity contribution >= 4 is 17.1 Å². The molecule has 2 rings (SSSR count). The molecule has 0 aliphatic heterocycles. The van der Waals surface area contributed by atoms with Crippen molar-refractivity contribution in [1.29, 1.82) is 0 Å². The van der Waals surface area contributed by atoms with Gasteiger partial charge in [0.25, 0.3) is 0 Å². The molecule has 1 heterocycles. The van der Waals surface area contributed by atoms with Crippen LogP contribution in [-0.4, -0.2) is 5.78 Å². The monoisotopic (exact) mass is 220 g/mol.